The lowest BCUT2D eigenvalue weighted by Gasteiger charge is -2.26. The number of ether oxygens (including phenoxy) is 2. The van der Waals surface area contributed by atoms with Crippen molar-refractivity contribution in [2.75, 3.05) is 0 Å². The molecule has 0 spiro atoms. The molecular weight excluding hydrogens is 156 g/mol. The SMILES string of the molecule is CC1OC2CC(=O)C=CC2(C)O1. The first-order valence-electron chi connectivity index (χ1n) is 4.15. The minimum absolute atomic E-state index is 0.0926. The number of allylic oxidation sites excluding steroid dienone is 1. The van der Waals surface area contributed by atoms with Gasteiger partial charge in [-0.2, -0.15) is 0 Å². The fourth-order valence-corrected chi connectivity index (χ4v) is 1.73. The molecule has 0 N–H and O–H groups in total. The van der Waals surface area contributed by atoms with Gasteiger partial charge in [0.15, 0.2) is 12.1 Å². The molecule has 66 valence electrons. The van der Waals surface area contributed by atoms with Crippen LogP contribution in [0.15, 0.2) is 12.2 Å². The van der Waals surface area contributed by atoms with Gasteiger partial charge >= 0.3 is 0 Å². The van der Waals surface area contributed by atoms with Crippen molar-refractivity contribution in [1.82, 2.24) is 0 Å². The topological polar surface area (TPSA) is 35.5 Å². The molecule has 1 heterocycles. The van der Waals surface area contributed by atoms with Crippen molar-refractivity contribution in [3.05, 3.63) is 12.2 Å². The van der Waals surface area contributed by atoms with Crippen molar-refractivity contribution in [3.63, 3.8) is 0 Å². The Morgan fingerprint density at radius 1 is 1.67 bits per heavy atom. The predicted octanol–water partition coefficient (Wildman–Crippen LogP) is 1.04. The van der Waals surface area contributed by atoms with Gasteiger partial charge in [-0.3, -0.25) is 4.79 Å². The van der Waals surface area contributed by atoms with Gasteiger partial charge in [-0.25, -0.2) is 0 Å². The molecule has 0 bridgehead atoms. The van der Waals surface area contributed by atoms with E-state index in [1.54, 1.807) is 12.2 Å². The molecule has 1 fully saturated rings. The first-order valence-corrected chi connectivity index (χ1v) is 4.15. The van der Waals surface area contributed by atoms with Crippen LogP contribution in [0.5, 0.6) is 0 Å². The van der Waals surface area contributed by atoms with Gasteiger partial charge in [0.05, 0.1) is 0 Å². The largest absolute Gasteiger partial charge is 0.346 e. The van der Waals surface area contributed by atoms with Crippen molar-refractivity contribution in [1.29, 1.82) is 0 Å². The Bertz CT molecular complexity index is 246. The lowest BCUT2D eigenvalue weighted by Crippen LogP contribution is -2.38. The number of rotatable bonds is 0. The summed E-state index contributed by atoms with van der Waals surface area (Å²) in [6, 6.07) is 0. The second-order valence-corrected chi connectivity index (χ2v) is 3.50. The Morgan fingerprint density at radius 2 is 2.42 bits per heavy atom. The van der Waals surface area contributed by atoms with Gasteiger partial charge in [0.1, 0.15) is 11.7 Å². The molecule has 0 aromatic carbocycles. The normalized spacial score (nSPS) is 46.3. The molecule has 12 heavy (non-hydrogen) atoms. The molecule has 1 aliphatic heterocycles. The quantitative estimate of drug-likeness (QED) is 0.542. The van der Waals surface area contributed by atoms with Gasteiger partial charge in [0.2, 0.25) is 0 Å². The monoisotopic (exact) mass is 168 g/mol. The summed E-state index contributed by atoms with van der Waals surface area (Å²) >= 11 is 0. The second-order valence-electron chi connectivity index (χ2n) is 3.50. The number of hydrogen-bond donors (Lipinski definition) is 0. The lowest BCUT2D eigenvalue weighted by molar-refractivity contribution is -0.118. The van der Waals surface area contributed by atoms with Crippen molar-refractivity contribution in [3.8, 4) is 0 Å². The van der Waals surface area contributed by atoms with Gasteiger partial charge in [-0.05, 0) is 26.0 Å². The third-order valence-electron chi connectivity index (χ3n) is 2.40. The molecule has 0 saturated carbocycles. The summed E-state index contributed by atoms with van der Waals surface area (Å²) < 4.78 is 11.0. The Labute approximate surface area is 71.3 Å². The van der Waals surface area contributed by atoms with Crippen LogP contribution in [0, 0.1) is 0 Å². The van der Waals surface area contributed by atoms with Crippen molar-refractivity contribution in [2.45, 2.75) is 38.3 Å². The Morgan fingerprint density at radius 3 is 3.17 bits per heavy atom. The molecule has 2 aliphatic rings. The van der Waals surface area contributed by atoms with E-state index in [2.05, 4.69) is 0 Å². The standard InChI is InChI=1S/C9H12O3/c1-6-11-8-5-7(10)3-4-9(8,2)12-6/h3-4,6,8H,5H2,1-2H3. The van der Waals surface area contributed by atoms with E-state index in [4.69, 9.17) is 9.47 Å². The molecule has 0 radical (unpaired) electrons. The maximum Gasteiger partial charge on any atom is 0.158 e. The molecule has 0 aromatic rings. The second kappa shape index (κ2) is 2.41. The molecule has 3 heteroatoms. The average Bonchev–Trinajstić information content (AvgIpc) is 2.24. The summed E-state index contributed by atoms with van der Waals surface area (Å²) in [5, 5.41) is 0. The van der Waals surface area contributed by atoms with Crippen LogP contribution in [0.4, 0.5) is 0 Å². The number of carbonyl (C=O) groups is 1. The fraction of sp³-hybridized carbons (Fsp3) is 0.667. The van der Waals surface area contributed by atoms with Gasteiger partial charge in [-0.1, -0.05) is 0 Å². The number of fused-ring (bicyclic) bond motifs is 1. The summed E-state index contributed by atoms with van der Waals surface area (Å²) in [5.41, 5.74) is -0.382. The van der Waals surface area contributed by atoms with E-state index in [0.29, 0.717) is 6.42 Å². The Hall–Kier alpha value is -0.670. The van der Waals surface area contributed by atoms with Gasteiger partial charge in [0, 0.05) is 6.42 Å². The van der Waals surface area contributed by atoms with Crippen LogP contribution in [0.3, 0.4) is 0 Å². The Kier molecular flexibility index (Phi) is 1.59. The highest BCUT2D eigenvalue weighted by Crippen LogP contribution is 2.35. The summed E-state index contributed by atoms with van der Waals surface area (Å²) in [5.74, 6) is 0.121. The van der Waals surface area contributed by atoms with E-state index in [1.165, 1.54) is 0 Å². The minimum atomic E-state index is -0.382. The van der Waals surface area contributed by atoms with Gasteiger partial charge in [-0.15, -0.1) is 0 Å². The van der Waals surface area contributed by atoms with Gasteiger partial charge < -0.3 is 9.47 Å². The van der Waals surface area contributed by atoms with Crippen LogP contribution in [-0.2, 0) is 14.3 Å². The first-order chi connectivity index (χ1) is 5.60. The number of carbonyl (C=O) groups excluding carboxylic acids is 1. The summed E-state index contributed by atoms with van der Waals surface area (Å²) in [4.78, 5) is 11.0. The highest BCUT2D eigenvalue weighted by atomic mass is 16.7. The third kappa shape index (κ3) is 1.09. The zero-order valence-electron chi connectivity index (χ0n) is 7.24. The van der Waals surface area contributed by atoms with E-state index >= 15 is 0 Å². The molecule has 1 aliphatic carbocycles. The lowest BCUT2D eigenvalue weighted by atomic mass is 9.89. The van der Waals surface area contributed by atoms with E-state index in [1.807, 2.05) is 13.8 Å². The van der Waals surface area contributed by atoms with Crippen LogP contribution in [0.2, 0.25) is 0 Å². The number of hydrogen-bond acceptors (Lipinski definition) is 3. The number of ketones is 1. The fourth-order valence-electron chi connectivity index (χ4n) is 1.73. The molecule has 0 amide bonds. The minimum Gasteiger partial charge on any atom is -0.346 e. The van der Waals surface area contributed by atoms with Crippen LogP contribution >= 0.6 is 0 Å². The zero-order valence-corrected chi connectivity index (χ0v) is 7.24. The maximum absolute atomic E-state index is 11.0. The van der Waals surface area contributed by atoms with Crippen LogP contribution in [-0.4, -0.2) is 23.8 Å². The first kappa shape index (κ1) is 7.95. The zero-order chi connectivity index (χ0) is 8.77. The maximum atomic E-state index is 11.0. The van der Waals surface area contributed by atoms with E-state index in [-0.39, 0.29) is 23.8 Å². The van der Waals surface area contributed by atoms with E-state index in [9.17, 15) is 4.79 Å². The van der Waals surface area contributed by atoms with Crippen molar-refractivity contribution >= 4 is 5.78 Å². The summed E-state index contributed by atoms with van der Waals surface area (Å²) in [6.07, 6.45) is 3.53. The average molecular weight is 168 g/mol. The molecule has 0 aromatic heterocycles. The third-order valence-corrected chi connectivity index (χ3v) is 2.40. The highest BCUT2D eigenvalue weighted by Gasteiger charge is 2.45. The smallest absolute Gasteiger partial charge is 0.158 e. The van der Waals surface area contributed by atoms with Crippen molar-refractivity contribution in [2.24, 2.45) is 0 Å². The molecule has 3 atom stereocenters. The summed E-state index contributed by atoms with van der Waals surface area (Å²) in [6.45, 7) is 3.80. The molecular formula is C9H12O3. The van der Waals surface area contributed by atoms with Crippen LogP contribution in [0.25, 0.3) is 0 Å². The van der Waals surface area contributed by atoms with Crippen LogP contribution < -0.4 is 0 Å². The molecule has 3 unspecified atom stereocenters. The van der Waals surface area contributed by atoms with Crippen molar-refractivity contribution < 1.29 is 14.3 Å². The predicted molar refractivity (Wildman–Crippen MR) is 42.6 cm³/mol. The molecule has 3 nitrogen and oxygen atoms in total. The summed E-state index contributed by atoms with van der Waals surface area (Å²) in [7, 11) is 0. The molecule has 2 rings (SSSR count). The van der Waals surface area contributed by atoms with Crippen LogP contribution in [0.1, 0.15) is 20.3 Å². The van der Waals surface area contributed by atoms with Gasteiger partial charge in [0.25, 0.3) is 0 Å². The van der Waals surface area contributed by atoms with E-state index < -0.39 is 0 Å². The molecule has 1 saturated heterocycles. The Balaban J connectivity index is 2.26. The van der Waals surface area contributed by atoms with E-state index in [0.717, 1.165) is 0 Å². The highest BCUT2D eigenvalue weighted by molar-refractivity contribution is 5.91.